The fourth-order valence-electron chi connectivity index (χ4n) is 6.55. The number of hydrogen-bond donors (Lipinski definition) is 1. The van der Waals surface area contributed by atoms with Crippen molar-refractivity contribution in [3.8, 4) is 0 Å². The van der Waals surface area contributed by atoms with Crippen LogP contribution in [-0.4, -0.2) is 80.2 Å². The van der Waals surface area contributed by atoms with Crippen molar-refractivity contribution in [2.45, 2.75) is 67.2 Å². The number of non-ortho nitro benzene ring substituents is 1. The zero-order chi connectivity index (χ0) is 30.6. The van der Waals surface area contributed by atoms with Gasteiger partial charge in [0.25, 0.3) is 5.69 Å². The first-order valence-electron chi connectivity index (χ1n) is 16.2. The summed E-state index contributed by atoms with van der Waals surface area (Å²) in [6.07, 6.45) is 5.01. The Morgan fingerprint density at radius 2 is 1.14 bits per heavy atom. The van der Waals surface area contributed by atoms with Gasteiger partial charge < -0.3 is 25.3 Å². The molecule has 2 aliphatic heterocycles. The van der Waals surface area contributed by atoms with Crippen LogP contribution in [0, 0.1) is 35.8 Å². The number of nitro benzene ring substituents is 1. The number of aryl methyl sites for hydroxylation is 2. The van der Waals surface area contributed by atoms with Gasteiger partial charge in [-0.2, -0.15) is 0 Å². The summed E-state index contributed by atoms with van der Waals surface area (Å²) in [5.41, 5.74) is 11.7. The second kappa shape index (κ2) is 16.7. The number of anilines is 3. The number of rotatable bonds is 11. The van der Waals surface area contributed by atoms with Crippen molar-refractivity contribution >= 4 is 22.7 Å². The molecule has 2 N–H and O–H groups in total. The van der Waals surface area contributed by atoms with Gasteiger partial charge in [-0.3, -0.25) is 10.1 Å². The third kappa shape index (κ3) is 9.60. The molecular weight excluding hydrogens is 524 g/mol. The van der Waals surface area contributed by atoms with Gasteiger partial charge in [-0.1, -0.05) is 27.7 Å². The Kier molecular flexibility index (Phi) is 13.4. The van der Waals surface area contributed by atoms with Crippen molar-refractivity contribution in [3.63, 3.8) is 0 Å². The molecule has 0 unspecified atom stereocenters. The molecule has 2 aromatic rings. The normalized spacial score (nSPS) is 16.6. The van der Waals surface area contributed by atoms with Gasteiger partial charge in [0.05, 0.1) is 4.92 Å². The lowest BCUT2D eigenvalue weighted by molar-refractivity contribution is -0.384. The Hall–Kier alpha value is -2.84. The summed E-state index contributed by atoms with van der Waals surface area (Å²) in [4.78, 5) is 20.4. The lowest BCUT2D eigenvalue weighted by Gasteiger charge is -2.36. The minimum atomic E-state index is -0.326. The second-order valence-corrected chi connectivity index (χ2v) is 12.1. The van der Waals surface area contributed by atoms with E-state index in [9.17, 15) is 10.1 Å². The molecule has 2 heterocycles. The lowest BCUT2D eigenvalue weighted by Crippen LogP contribution is -2.39. The molecule has 8 nitrogen and oxygen atoms in total. The maximum atomic E-state index is 10.8. The van der Waals surface area contributed by atoms with E-state index in [0.29, 0.717) is 0 Å². The molecule has 4 rings (SSSR count). The predicted octanol–water partition coefficient (Wildman–Crippen LogP) is 6.60. The van der Waals surface area contributed by atoms with E-state index in [-0.39, 0.29) is 10.6 Å². The molecule has 0 spiro atoms. The van der Waals surface area contributed by atoms with E-state index < -0.39 is 0 Å². The van der Waals surface area contributed by atoms with Crippen LogP contribution in [0.15, 0.2) is 36.4 Å². The maximum absolute atomic E-state index is 10.8. The number of nitrogens with zero attached hydrogens (tertiary/aromatic N) is 5. The van der Waals surface area contributed by atoms with Crippen LogP contribution in [-0.2, 0) is 0 Å². The first-order chi connectivity index (χ1) is 20.2. The van der Waals surface area contributed by atoms with Crippen LogP contribution in [0.4, 0.5) is 22.7 Å². The molecule has 234 valence electrons. The molecule has 8 heteroatoms. The van der Waals surface area contributed by atoms with Gasteiger partial charge in [-0.15, -0.1) is 0 Å². The molecule has 2 aromatic carbocycles. The topological polar surface area (TPSA) is 82.1 Å². The SMILES string of the molecule is CCN(CC)CC1CCN(c2ccc(N)cc2C)CC1.CCN(CC)CC1CCN(c2ccc([N+](=O)[O-])cc2C)CC1. The summed E-state index contributed by atoms with van der Waals surface area (Å²) in [5.74, 6) is 1.63. The molecule has 42 heavy (non-hydrogen) atoms. The highest BCUT2D eigenvalue weighted by Crippen LogP contribution is 2.30. The third-order valence-corrected chi connectivity index (χ3v) is 9.34. The van der Waals surface area contributed by atoms with E-state index in [0.717, 1.165) is 55.0 Å². The summed E-state index contributed by atoms with van der Waals surface area (Å²) >= 11 is 0. The molecule has 2 saturated heterocycles. The third-order valence-electron chi connectivity index (χ3n) is 9.34. The summed E-state index contributed by atoms with van der Waals surface area (Å²) in [6.45, 7) is 24.6. The molecule has 0 radical (unpaired) electrons. The monoisotopic (exact) mass is 580 g/mol. The predicted molar refractivity (Wildman–Crippen MR) is 179 cm³/mol. The molecule has 0 atom stereocenters. The summed E-state index contributed by atoms with van der Waals surface area (Å²) < 4.78 is 0. The minimum absolute atomic E-state index is 0.178. The van der Waals surface area contributed by atoms with Crippen LogP contribution in [0.2, 0.25) is 0 Å². The fourth-order valence-corrected chi connectivity index (χ4v) is 6.55. The van der Waals surface area contributed by atoms with E-state index in [1.165, 1.54) is 76.2 Å². The molecule has 0 aliphatic carbocycles. The smallest absolute Gasteiger partial charge is 0.269 e. The van der Waals surface area contributed by atoms with Crippen molar-refractivity contribution in [2.75, 3.05) is 81.0 Å². The average Bonchev–Trinajstić information content (AvgIpc) is 2.99. The van der Waals surface area contributed by atoms with Crippen molar-refractivity contribution in [1.29, 1.82) is 0 Å². The van der Waals surface area contributed by atoms with Crippen molar-refractivity contribution in [2.24, 2.45) is 11.8 Å². The highest BCUT2D eigenvalue weighted by atomic mass is 16.6. The number of nitrogens with two attached hydrogens (primary N) is 1. The van der Waals surface area contributed by atoms with Crippen molar-refractivity contribution in [3.05, 3.63) is 57.6 Å². The Morgan fingerprint density at radius 3 is 1.50 bits per heavy atom. The van der Waals surface area contributed by atoms with Crippen LogP contribution >= 0.6 is 0 Å². The molecule has 0 aromatic heterocycles. The van der Waals surface area contributed by atoms with Gasteiger partial charge in [0.2, 0.25) is 0 Å². The Bertz CT molecular complexity index is 1100. The van der Waals surface area contributed by atoms with E-state index in [4.69, 9.17) is 5.73 Å². The molecule has 0 amide bonds. The zero-order valence-electron chi connectivity index (χ0n) is 27.1. The highest BCUT2D eigenvalue weighted by Gasteiger charge is 2.23. The van der Waals surface area contributed by atoms with Crippen LogP contribution in [0.1, 0.15) is 64.5 Å². The van der Waals surface area contributed by atoms with E-state index in [1.807, 2.05) is 19.1 Å². The van der Waals surface area contributed by atoms with Gasteiger partial charge in [0.1, 0.15) is 0 Å². The highest BCUT2D eigenvalue weighted by molar-refractivity contribution is 5.59. The van der Waals surface area contributed by atoms with Gasteiger partial charge in [0, 0.05) is 68.5 Å². The average molecular weight is 581 g/mol. The summed E-state index contributed by atoms with van der Waals surface area (Å²) in [7, 11) is 0. The molecule has 0 saturated carbocycles. The van der Waals surface area contributed by atoms with Gasteiger partial charge >= 0.3 is 0 Å². The van der Waals surface area contributed by atoms with Crippen molar-refractivity contribution in [1.82, 2.24) is 9.80 Å². The fraction of sp³-hybridized carbons (Fsp3) is 0.647. The lowest BCUT2D eigenvalue weighted by atomic mass is 9.95. The summed E-state index contributed by atoms with van der Waals surface area (Å²) in [5, 5.41) is 10.8. The van der Waals surface area contributed by atoms with Crippen LogP contribution < -0.4 is 15.5 Å². The first kappa shape index (κ1) is 33.7. The molecule has 0 bridgehead atoms. The maximum Gasteiger partial charge on any atom is 0.269 e. The minimum Gasteiger partial charge on any atom is -0.399 e. The van der Waals surface area contributed by atoms with Gasteiger partial charge in [-0.05, 0) is 113 Å². The number of hydrogen-bond acceptors (Lipinski definition) is 7. The molecular formula is C34H56N6O2. The van der Waals surface area contributed by atoms with Crippen LogP contribution in [0.3, 0.4) is 0 Å². The molecule has 2 aliphatic rings. The Morgan fingerprint density at radius 1 is 0.738 bits per heavy atom. The van der Waals surface area contributed by atoms with Gasteiger partial charge in [0.15, 0.2) is 0 Å². The number of piperidine rings is 2. The Labute approximate surface area is 255 Å². The second-order valence-electron chi connectivity index (χ2n) is 12.1. The standard InChI is InChI=1S/C17H27N3O2.C17H29N3/c1-4-18(5-2)13-15-8-10-19(11-9-15)17-7-6-16(20(21)22)12-14(17)3;1-4-19(5-2)13-15-8-10-20(11-9-15)17-7-6-16(18)12-14(17)3/h6-7,12,15H,4-5,8-11,13H2,1-3H3;6-7,12,15H,4-5,8-11,13,18H2,1-3H3. The number of nitrogen functional groups attached to an aromatic ring is 1. The Balaban J connectivity index is 0.000000231. The van der Waals surface area contributed by atoms with E-state index in [2.05, 4.69) is 66.4 Å². The first-order valence-corrected chi connectivity index (χ1v) is 16.2. The largest absolute Gasteiger partial charge is 0.399 e. The van der Waals surface area contributed by atoms with Gasteiger partial charge in [-0.25, -0.2) is 0 Å². The van der Waals surface area contributed by atoms with Crippen LogP contribution in [0.25, 0.3) is 0 Å². The number of nitro groups is 1. The van der Waals surface area contributed by atoms with E-state index in [1.54, 1.807) is 12.1 Å². The van der Waals surface area contributed by atoms with Crippen LogP contribution in [0.5, 0.6) is 0 Å². The quantitative estimate of drug-likeness (QED) is 0.182. The zero-order valence-corrected chi connectivity index (χ0v) is 27.1. The van der Waals surface area contributed by atoms with Crippen molar-refractivity contribution < 1.29 is 4.92 Å². The molecule has 2 fully saturated rings. The summed E-state index contributed by atoms with van der Waals surface area (Å²) in [6, 6.07) is 11.5. The number of benzene rings is 2. The van der Waals surface area contributed by atoms with E-state index >= 15 is 0 Å².